The number of aliphatic imine (C=N–C) groups is 1. The third kappa shape index (κ3) is 5.82. The molecule has 0 spiro atoms. The maximum Gasteiger partial charge on any atom is 0.200 e. The van der Waals surface area contributed by atoms with Gasteiger partial charge < -0.3 is 24.8 Å². The van der Waals surface area contributed by atoms with Gasteiger partial charge in [-0.25, -0.2) is 4.99 Å². The van der Waals surface area contributed by atoms with Gasteiger partial charge in [0.15, 0.2) is 17.5 Å². The number of phenols is 1. The fraction of sp³-hybridized carbons (Fsp3) is 0.632. The Bertz CT molecular complexity index is 575. The standard InChI is InChI=1S/C19H31N3O3.HI/c1-6-20-19(22-11-13(2)7-14(3)12-22)21-10-15-8-16(24-4)18(23)17(9-15)25-5;/h8-9,13-14,23H,6-7,10-12H2,1-5H3,(H,20,21);1H. The van der Waals surface area contributed by atoms with E-state index in [0.717, 1.165) is 31.2 Å². The van der Waals surface area contributed by atoms with E-state index >= 15 is 0 Å². The van der Waals surface area contributed by atoms with Crippen molar-refractivity contribution in [2.24, 2.45) is 16.8 Å². The Balaban J connectivity index is 0.00000338. The largest absolute Gasteiger partial charge is 0.502 e. The van der Waals surface area contributed by atoms with Crippen molar-refractivity contribution in [2.45, 2.75) is 33.7 Å². The number of nitrogens with zero attached hydrogens (tertiary/aromatic N) is 2. The van der Waals surface area contributed by atoms with Gasteiger partial charge in [-0.05, 0) is 42.9 Å². The molecule has 0 aliphatic carbocycles. The predicted octanol–water partition coefficient (Wildman–Crippen LogP) is 3.47. The minimum atomic E-state index is 0. The number of guanidine groups is 1. The maximum atomic E-state index is 10.0. The maximum absolute atomic E-state index is 10.0. The van der Waals surface area contributed by atoms with Crippen molar-refractivity contribution in [3.63, 3.8) is 0 Å². The number of phenolic OH excluding ortho intramolecular Hbond substituents is 1. The summed E-state index contributed by atoms with van der Waals surface area (Å²) in [5.41, 5.74) is 0.931. The molecular formula is C19H32IN3O3. The van der Waals surface area contributed by atoms with Crippen molar-refractivity contribution in [3.05, 3.63) is 17.7 Å². The minimum absolute atomic E-state index is 0. The van der Waals surface area contributed by atoms with E-state index in [2.05, 4.69) is 31.0 Å². The first-order valence-electron chi connectivity index (χ1n) is 8.95. The molecule has 0 amide bonds. The molecule has 1 aromatic carbocycles. The van der Waals surface area contributed by atoms with E-state index in [1.54, 1.807) is 12.1 Å². The summed E-state index contributed by atoms with van der Waals surface area (Å²) >= 11 is 0. The van der Waals surface area contributed by atoms with Crippen LogP contribution in [0.15, 0.2) is 17.1 Å². The smallest absolute Gasteiger partial charge is 0.200 e. The molecule has 2 rings (SSSR count). The number of methoxy groups -OCH3 is 2. The molecule has 0 radical (unpaired) electrons. The van der Waals surface area contributed by atoms with Crippen LogP contribution in [-0.2, 0) is 6.54 Å². The lowest BCUT2D eigenvalue weighted by Crippen LogP contribution is -2.48. The van der Waals surface area contributed by atoms with Crippen LogP contribution >= 0.6 is 24.0 Å². The fourth-order valence-corrected chi connectivity index (χ4v) is 3.47. The lowest BCUT2D eigenvalue weighted by Gasteiger charge is -2.37. The van der Waals surface area contributed by atoms with Crippen LogP contribution in [-0.4, -0.2) is 49.8 Å². The van der Waals surface area contributed by atoms with E-state index in [1.807, 2.05) is 0 Å². The van der Waals surface area contributed by atoms with Crippen molar-refractivity contribution >= 4 is 29.9 Å². The third-order valence-electron chi connectivity index (χ3n) is 4.45. The van der Waals surface area contributed by atoms with Crippen molar-refractivity contribution in [1.29, 1.82) is 0 Å². The van der Waals surface area contributed by atoms with E-state index in [0.29, 0.717) is 29.9 Å². The lowest BCUT2D eigenvalue weighted by molar-refractivity contribution is 0.208. The van der Waals surface area contributed by atoms with Gasteiger partial charge in [0.05, 0.1) is 20.8 Å². The monoisotopic (exact) mass is 477 g/mol. The van der Waals surface area contributed by atoms with Gasteiger partial charge in [-0.15, -0.1) is 24.0 Å². The molecule has 26 heavy (non-hydrogen) atoms. The number of halogens is 1. The summed E-state index contributed by atoms with van der Waals surface area (Å²) in [6, 6.07) is 3.60. The minimum Gasteiger partial charge on any atom is -0.502 e. The number of ether oxygens (including phenoxy) is 2. The average molecular weight is 477 g/mol. The quantitative estimate of drug-likeness (QED) is 0.386. The SMILES string of the molecule is CCNC(=NCc1cc(OC)c(O)c(OC)c1)N1CC(C)CC(C)C1.I. The highest BCUT2D eigenvalue weighted by Gasteiger charge is 2.24. The number of likely N-dealkylation sites (tertiary alicyclic amines) is 1. The summed E-state index contributed by atoms with van der Waals surface area (Å²) < 4.78 is 10.4. The molecule has 2 unspecified atom stereocenters. The second-order valence-corrected chi connectivity index (χ2v) is 6.87. The van der Waals surface area contributed by atoms with Crippen molar-refractivity contribution in [1.82, 2.24) is 10.2 Å². The van der Waals surface area contributed by atoms with E-state index in [-0.39, 0.29) is 29.7 Å². The summed E-state index contributed by atoms with van der Waals surface area (Å²) in [5, 5.41) is 13.4. The fourth-order valence-electron chi connectivity index (χ4n) is 3.47. The Hall–Kier alpha value is -1.38. The molecule has 0 bridgehead atoms. The van der Waals surface area contributed by atoms with Gasteiger partial charge in [0, 0.05) is 19.6 Å². The van der Waals surface area contributed by atoms with E-state index in [9.17, 15) is 5.11 Å². The molecule has 2 N–H and O–H groups in total. The second kappa shape index (κ2) is 10.7. The number of hydrogen-bond donors (Lipinski definition) is 2. The van der Waals surface area contributed by atoms with Crippen LogP contribution in [0.1, 0.15) is 32.8 Å². The van der Waals surface area contributed by atoms with Crippen LogP contribution in [0, 0.1) is 11.8 Å². The van der Waals surface area contributed by atoms with E-state index in [4.69, 9.17) is 14.5 Å². The van der Waals surface area contributed by atoms with Gasteiger partial charge in [0.25, 0.3) is 0 Å². The Kier molecular flexibility index (Phi) is 9.32. The first-order valence-corrected chi connectivity index (χ1v) is 8.95. The van der Waals surface area contributed by atoms with Crippen LogP contribution in [0.25, 0.3) is 0 Å². The summed E-state index contributed by atoms with van der Waals surface area (Å²) in [4.78, 5) is 7.14. The first kappa shape index (κ1) is 22.7. The van der Waals surface area contributed by atoms with Gasteiger partial charge in [-0.1, -0.05) is 13.8 Å². The molecule has 0 saturated carbocycles. The van der Waals surface area contributed by atoms with Gasteiger partial charge in [0.2, 0.25) is 5.75 Å². The number of hydrogen-bond acceptors (Lipinski definition) is 4. The molecule has 1 saturated heterocycles. The van der Waals surface area contributed by atoms with Crippen molar-refractivity contribution in [3.8, 4) is 17.2 Å². The highest BCUT2D eigenvalue weighted by Crippen LogP contribution is 2.37. The molecule has 2 atom stereocenters. The zero-order valence-electron chi connectivity index (χ0n) is 16.4. The first-order chi connectivity index (χ1) is 12.0. The Labute approximate surface area is 174 Å². The molecule has 1 fully saturated rings. The molecule has 6 nitrogen and oxygen atoms in total. The summed E-state index contributed by atoms with van der Waals surface area (Å²) in [6.07, 6.45) is 1.27. The molecular weight excluding hydrogens is 445 g/mol. The normalized spacial score (nSPS) is 20.3. The van der Waals surface area contributed by atoms with Gasteiger partial charge in [-0.2, -0.15) is 0 Å². The highest BCUT2D eigenvalue weighted by molar-refractivity contribution is 14.0. The molecule has 7 heteroatoms. The lowest BCUT2D eigenvalue weighted by atomic mass is 9.92. The molecule has 0 aromatic heterocycles. The topological polar surface area (TPSA) is 66.3 Å². The third-order valence-corrected chi connectivity index (χ3v) is 4.45. The zero-order valence-corrected chi connectivity index (χ0v) is 18.7. The molecule has 148 valence electrons. The van der Waals surface area contributed by atoms with Gasteiger partial charge >= 0.3 is 0 Å². The Morgan fingerprint density at radius 3 is 2.19 bits per heavy atom. The number of nitrogens with one attached hydrogen (secondary N) is 1. The van der Waals surface area contributed by atoms with E-state index < -0.39 is 0 Å². The van der Waals surface area contributed by atoms with Crippen LogP contribution < -0.4 is 14.8 Å². The second-order valence-electron chi connectivity index (χ2n) is 6.87. The van der Waals surface area contributed by atoms with Crippen LogP contribution in [0.2, 0.25) is 0 Å². The van der Waals surface area contributed by atoms with Crippen molar-refractivity contribution < 1.29 is 14.6 Å². The number of rotatable bonds is 5. The predicted molar refractivity (Wildman–Crippen MR) is 116 cm³/mol. The Morgan fingerprint density at radius 1 is 1.19 bits per heavy atom. The molecule has 1 aliphatic heterocycles. The Morgan fingerprint density at radius 2 is 1.73 bits per heavy atom. The van der Waals surface area contributed by atoms with Gasteiger partial charge in [0.1, 0.15) is 0 Å². The summed E-state index contributed by atoms with van der Waals surface area (Å²) in [6.45, 7) is 10.1. The zero-order chi connectivity index (χ0) is 18.4. The van der Waals surface area contributed by atoms with Crippen molar-refractivity contribution in [2.75, 3.05) is 33.9 Å². The van der Waals surface area contributed by atoms with Crippen LogP contribution in [0.4, 0.5) is 0 Å². The van der Waals surface area contributed by atoms with E-state index in [1.165, 1.54) is 20.6 Å². The summed E-state index contributed by atoms with van der Waals surface area (Å²) in [7, 11) is 3.06. The van der Waals surface area contributed by atoms with Gasteiger partial charge in [-0.3, -0.25) is 0 Å². The number of benzene rings is 1. The molecule has 1 aromatic rings. The highest BCUT2D eigenvalue weighted by atomic mass is 127. The average Bonchev–Trinajstić information content (AvgIpc) is 2.58. The molecule has 1 aliphatic rings. The summed E-state index contributed by atoms with van der Waals surface area (Å²) in [5.74, 6) is 3.09. The number of aromatic hydroxyl groups is 1. The van der Waals surface area contributed by atoms with Crippen LogP contribution in [0.5, 0.6) is 17.2 Å². The number of piperidine rings is 1. The van der Waals surface area contributed by atoms with Crippen LogP contribution in [0.3, 0.4) is 0 Å². The molecule has 1 heterocycles.